The molecule has 0 spiro atoms. The fourth-order valence-electron chi connectivity index (χ4n) is 2.69. The normalized spacial score (nSPS) is 27.6. The van der Waals surface area contributed by atoms with Crippen LogP contribution in [0.5, 0.6) is 0 Å². The zero-order valence-corrected chi connectivity index (χ0v) is 11.7. The zero-order chi connectivity index (χ0) is 12.0. The average molecular weight is 226 g/mol. The Labute approximate surface area is 102 Å². The van der Waals surface area contributed by atoms with Crippen molar-refractivity contribution >= 4 is 0 Å². The molecule has 1 fully saturated rings. The Morgan fingerprint density at radius 2 is 2.06 bits per heavy atom. The van der Waals surface area contributed by atoms with Gasteiger partial charge in [-0.25, -0.2) is 0 Å². The van der Waals surface area contributed by atoms with Gasteiger partial charge < -0.3 is 10.2 Å². The molecule has 0 aromatic carbocycles. The molecule has 0 amide bonds. The molecule has 1 aliphatic heterocycles. The Bertz CT molecular complexity index is 185. The van der Waals surface area contributed by atoms with Crippen LogP contribution >= 0.6 is 0 Å². The van der Waals surface area contributed by atoms with Gasteiger partial charge in [-0.05, 0) is 37.3 Å². The van der Waals surface area contributed by atoms with Crippen molar-refractivity contribution in [1.29, 1.82) is 0 Å². The molecule has 2 heteroatoms. The molecule has 1 saturated heterocycles. The molecule has 2 nitrogen and oxygen atoms in total. The van der Waals surface area contributed by atoms with E-state index in [4.69, 9.17) is 0 Å². The maximum absolute atomic E-state index is 3.53. The summed E-state index contributed by atoms with van der Waals surface area (Å²) in [6.07, 6.45) is 3.98. The lowest BCUT2D eigenvalue weighted by Crippen LogP contribution is -2.40. The molecule has 1 rings (SSSR count). The molecule has 16 heavy (non-hydrogen) atoms. The Hall–Kier alpha value is -0.0800. The summed E-state index contributed by atoms with van der Waals surface area (Å²) in [6, 6.07) is 0. The van der Waals surface area contributed by atoms with Gasteiger partial charge in [-0.3, -0.25) is 0 Å². The first-order valence-corrected chi connectivity index (χ1v) is 7.09. The van der Waals surface area contributed by atoms with Crippen molar-refractivity contribution in [3.8, 4) is 0 Å². The van der Waals surface area contributed by atoms with Gasteiger partial charge in [0.1, 0.15) is 0 Å². The Balaban J connectivity index is 2.47. The van der Waals surface area contributed by atoms with Crippen LogP contribution in [0.15, 0.2) is 0 Å². The molecule has 2 unspecified atom stereocenters. The summed E-state index contributed by atoms with van der Waals surface area (Å²) in [7, 11) is 0. The highest BCUT2D eigenvalue weighted by atomic mass is 15.1. The van der Waals surface area contributed by atoms with Crippen LogP contribution in [0.1, 0.15) is 47.0 Å². The van der Waals surface area contributed by atoms with Gasteiger partial charge in [0.2, 0.25) is 0 Å². The third kappa shape index (κ3) is 3.74. The Morgan fingerprint density at radius 1 is 1.31 bits per heavy atom. The zero-order valence-electron chi connectivity index (χ0n) is 11.7. The van der Waals surface area contributed by atoms with E-state index < -0.39 is 0 Å². The lowest BCUT2D eigenvalue weighted by atomic mass is 9.83. The van der Waals surface area contributed by atoms with E-state index in [1.807, 2.05) is 0 Å². The highest BCUT2D eigenvalue weighted by Crippen LogP contribution is 2.30. The van der Waals surface area contributed by atoms with Gasteiger partial charge in [0, 0.05) is 19.6 Å². The predicted molar refractivity (Wildman–Crippen MR) is 71.8 cm³/mol. The van der Waals surface area contributed by atoms with E-state index in [0.29, 0.717) is 5.41 Å². The fraction of sp³-hybridized carbons (Fsp3) is 1.00. The first-order chi connectivity index (χ1) is 7.65. The minimum atomic E-state index is 0.559. The maximum Gasteiger partial charge on any atom is 0.00505 e. The van der Waals surface area contributed by atoms with Crippen molar-refractivity contribution in [3.63, 3.8) is 0 Å². The third-order valence-electron chi connectivity index (χ3n) is 4.36. The largest absolute Gasteiger partial charge is 0.316 e. The van der Waals surface area contributed by atoms with Crippen LogP contribution in [0.4, 0.5) is 0 Å². The van der Waals surface area contributed by atoms with Gasteiger partial charge in [-0.1, -0.05) is 34.1 Å². The van der Waals surface area contributed by atoms with Crippen LogP contribution in [-0.4, -0.2) is 37.6 Å². The van der Waals surface area contributed by atoms with E-state index >= 15 is 0 Å². The van der Waals surface area contributed by atoms with Crippen molar-refractivity contribution in [1.82, 2.24) is 10.2 Å². The molecule has 1 N–H and O–H groups in total. The van der Waals surface area contributed by atoms with Crippen LogP contribution in [-0.2, 0) is 0 Å². The highest BCUT2D eigenvalue weighted by molar-refractivity contribution is 4.89. The second-order valence-corrected chi connectivity index (χ2v) is 5.62. The monoisotopic (exact) mass is 226 g/mol. The summed E-state index contributed by atoms with van der Waals surface area (Å²) in [5, 5.41) is 3.53. The van der Waals surface area contributed by atoms with Crippen LogP contribution in [0, 0.1) is 11.3 Å². The summed E-state index contributed by atoms with van der Waals surface area (Å²) in [5.41, 5.74) is 0.559. The first kappa shape index (κ1) is 14.0. The van der Waals surface area contributed by atoms with Crippen molar-refractivity contribution < 1.29 is 0 Å². The summed E-state index contributed by atoms with van der Waals surface area (Å²) < 4.78 is 0. The Kier molecular flexibility index (Phi) is 5.77. The van der Waals surface area contributed by atoms with Crippen LogP contribution < -0.4 is 5.32 Å². The molecular weight excluding hydrogens is 196 g/mol. The van der Waals surface area contributed by atoms with Gasteiger partial charge >= 0.3 is 0 Å². The molecule has 0 saturated carbocycles. The quantitative estimate of drug-likeness (QED) is 0.718. The molecule has 96 valence electrons. The van der Waals surface area contributed by atoms with Gasteiger partial charge in [0.25, 0.3) is 0 Å². The molecule has 0 aromatic heterocycles. The maximum atomic E-state index is 3.53. The van der Waals surface area contributed by atoms with E-state index in [0.717, 1.165) is 5.92 Å². The molecule has 1 aliphatic rings. The average Bonchev–Trinajstić information content (AvgIpc) is 2.77. The summed E-state index contributed by atoms with van der Waals surface area (Å²) in [6.45, 7) is 15.5. The molecule has 0 radical (unpaired) electrons. The van der Waals surface area contributed by atoms with Crippen molar-refractivity contribution in [2.75, 3.05) is 32.7 Å². The topological polar surface area (TPSA) is 15.3 Å². The van der Waals surface area contributed by atoms with Crippen molar-refractivity contribution in [3.05, 3.63) is 0 Å². The number of rotatable bonds is 7. The second-order valence-electron chi connectivity index (χ2n) is 5.62. The van der Waals surface area contributed by atoms with Crippen LogP contribution in [0.25, 0.3) is 0 Å². The number of nitrogens with zero attached hydrogens (tertiary/aromatic N) is 1. The van der Waals surface area contributed by atoms with E-state index in [-0.39, 0.29) is 0 Å². The standard InChI is InChI=1S/C14H30N2/c1-5-13(4)10-16(7-3)12-14(6-2)8-9-15-11-14/h13,15H,5-12H2,1-4H3. The van der Waals surface area contributed by atoms with E-state index in [1.54, 1.807) is 0 Å². The van der Waals surface area contributed by atoms with Crippen LogP contribution in [0.3, 0.4) is 0 Å². The first-order valence-electron chi connectivity index (χ1n) is 7.09. The minimum absolute atomic E-state index is 0.559. The lowest BCUT2D eigenvalue weighted by molar-refractivity contribution is 0.147. The molecule has 1 heterocycles. The molecule has 0 aromatic rings. The number of hydrogen-bond acceptors (Lipinski definition) is 2. The summed E-state index contributed by atoms with van der Waals surface area (Å²) in [4.78, 5) is 2.66. The summed E-state index contributed by atoms with van der Waals surface area (Å²) >= 11 is 0. The van der Waals surface area contributed by atoms with Crippen molar-refractivity contribution in [2.24, 2.45) is 11.3 Å². The van der Waals surface area contributed by atoms with Gasteiger partial charge in [0.15, 0.2) is 0 Å². The SMILES string of the molecule is CCC(C)CN(CC)CC1(CC)CCNC1. The number of hydrogen-bond donors (Lipinski definition) is 1. The minimum Gasteiger partial charge on any atom is -0.316 e. The van der Waals surface area contributed by atoms with E-state index in [9.17, 15) is 0 Å². The molecular formula is C14H30N2. The summed E-state index contributed by atoms with van der Waals surface area (Å²) in [5.74, 6) is 0.836. The van der Waals surface area contributed by atoms with Crippen LogP contribution in [0.2, 0.25) is 0 Å². The lowest BCUT2D eigenvalue weighted by Gasteiger charge is -2.34. The van der Waals surface area contributed by atoms with E-state index in [2.05, 4.69) is 37.9 Å². The molecule has 0 bridgehead atoms. The van der Waals surface area contributed by atoms with Gasteiger partial charge in [0.05, 0.1) is 0 Å². The van der Waals surface area contributed by atoms with Gasteiger partial charge in [-0.2, -0.15) is 0 Å². The van der Waals surface area contributed by atoms with Gasteiger partial charge in [-0.15, -0.1) is 0 Å². The molecule has 0 aliphatic carbocycles. The smallest absolute Gasteiger partial charge is 0.00505 e. The molecule has 2 atom stereocenters. The van der Waals surface area contributed by atoms with E-state index in [1.165, 1.54) is 52.0 Å². The third-order valence-corrected chi connectivity index (χ3v) is 4.36. The highest BCUT2D eigenvalue weighted by Gasteiger charge is 2.33. The Morgan fingerprint density at radius 3 is 2.50 bits per heavy atom. The number of nitrogens with one attached hydrogen (secondary N) is 1. The predicted octanol–water partition coefficient (Wildman–Crippen LogP) is 2.74. The second kappa shape index (κ2) is 6.61. The van der Waals surface area contributed by atoms with Crippen molar-refractivity contribution in [2.45, 2.75) is 47.0 Å². The fourth-order valence-corrected chi connectivity index (χ4v) is 2.69.